The Morgan fingerprint density at radius 3 is 2.46 bits per heavy atom. The van der Waals surface area contributed by atoms with Crippen LogP contribution >= 0.6 is 0 Å². The molecule has 0 spiro atoms. The van der Waals surface area contributed by atoms with Crippen molar-refractivity contribution in [2.24, 2.45) is 4.99 Å². The lowest BCUT2D eigenvalue weighted by atomic mass is 10.1. The van der Waals surface area contributed by atoms with E-state index in [4.69, 9.17) is 18.9 Å². The Morgan fingerprint density at radius 2 is 1.75 bits per heavy atom. The molecule has 0 bridgehead atoms. The molecule has 2 aliphatic rings. The molecule has 0 aromatic heterocycles. The minimum Gasteiger partial charge on any atom is -0.496 e. The van der Waals surface area contributed by atoms with E-state index in [1.165, 1.54) is 0 Å². The van der Waals surface area contributed by atoms with Crippen molar-refractivity contribution in [3.05, 3.63) is 53.2 Å². The number of amidine groups is 1. The third-order valence-corrected chi connectivity index (χ3v) is 4.44. The van der Waals surface area contributed by atoms with Crippen LogP contribution in [0.25, 0.3) is 6.08 Å². The Balaban J connectivity index is 1.70. The maximum Gasteiger partial charge on any atom is 0.275 e. The van der Waals surface area contributed by atoms with E-state index in [0.717, 1.165) is 12.0 Å². The van der Waals surface area contributed by atoms with Crippen molar-refractivity contribution in [1.29, 1.82) is 0 Å². The van der Waals surface area contributed by atoms with Crippen LogP contribution in [0.4, 0.5) is 0 Å². The van der Waals surface area contributed by atoms with Crippen LogP contribution < -0.4 is 24.3 Å². The van der Waals surface area contributed by atoms with E-state index in [2.05, 4.69) is 10.3 Å². The number of methoxy groups -OCH3 is 2. The fourth-order valence-corrected chi connectivity index (χ4v) is 3.10. The van der Waals surface area contributed by atoms with Gasteiger partial charge in [0, 0.05) is 6.42 Å². The van der Waals surface area contributed by atoms with Crippen LogP contribution in [0.15, 0.2) is 47.1 Å². The summed E-state index contributed by atoms with van der Waals surface area (Å²) in [7, 11) is 3.12. The number of fused-ring (bicyclic) bond motifs is 1. The van der Waals surface area contributed by atoms with Gasteiger partial charge in [0.15, 0.2) is 11.5 Å². The second-order valence-electron chi connectivity index (χ2n) is 6.24. The molecule has 0 radical (unpaired) electrons. The zero-order valence-corrected chi connectivity index (χ0v) is 15.7. The highest BCUT2D eigenvalue weighted by molar-refractivity contribution is 6.21. The van der Waals surface area contributed by atoms with Gasteiger partial charge in [-0.1, -0.05) is 12.1 Å². The average Bonchev–Trinajstić information content (AvgIpc) is 2.92. The lowest BCUT2D eigenvalue weighted by Crippen LogP contribution is -2.25. The zero-order chi connectivity index (χ0) is 19.5. The summed E-state index contributed by atoms with van der Waals surface area (Å²) in [6.07, 6.45) is 2.54. The standard InChI is InChI=1S/C21H20N2O5/c1-25-16-5-3-6-17(26-2)19(16)20-22-14(21(24)23-20)11-13-7-8-15-18(12-13)28-10-4-9-27-15/h3,5-8,11-12H,4,9-10H2,1-2H3,(H,22,23,24)/b14-11+. The van der Waals surface area contributed by atoms with E-state index in [0.29, 0.717) is 47.6 Å². The van der Waals surface area contributed by atoms with E-state index >= 15 is 0 Å². The molecule has 0 saturated carbocycles. The van der Waals surface area contributed by atoms with E-state index in [-0.39, 0.29) is 11.6 Å². The van der Waals surface area contributed by atoms with Gasteiger partial charge in [0.2, 0.25) is 0 Å². The molecule has 1 N–H and O–H groups in total. The quantitative estimate of drug-likeness (QED) is 0.826. The molecular weight excluding hydrogens is 360 g/mol. The molecule has 2 heterocycles. The van der Waals surface area contributed by atoms with Crippen LogP contribution in [-0.2, 0) is 4.79 Å². The molecule has 0 saturated heterocycles. The molecule has 28 heavy (non-hydrogen) atoms. The fourth-order valence-electron chi connectivity index (χ4n) is 3.10. The highest BCUT2D eigenvalue weighted by Gasteiger charge is 2.26. The predicted octanol–water partition coefficient (Wildman–Crippen LogP) is 2.78. The second-order valence-corrected chi connectivity index (χ2v) is 6.24. The first kappa shape index (κ1) is 17.9. The molecule has 0 unspecified atom stereocenters. The number of benzene rings is 2. The van der Waals surface area contributed by atoms with Crippen LogP contribution in [0.1, 0.15) is 17.5 Å². The zero-order valence-electron chi connectivity index (χ0n) is 15.7. The van der Waals surface area contributed by atoms with Gasteiger partial charge in [0.1, 0.15) is 28.6 Å². The first-order valence-electron chi connectivity index (χ1n) is 8.92. The first-order chi connectivity index (χ1) is 13.7. The van der Waals surface area contributed by atoms with E-state index < -0.39 is 0 Å². The largest absolute Gasteiger partial charge is 0.496 e. The molecule has 0 aliphatic carbocycles. The van der Waals surface area contributed by atoms with E-state index in [9.17, 15) is 4.79 Å². The molecule has 2 aromatic carbocycles. The number of rotatable bonds is 4. The van der Waals surface area contributed by atoms with Crippen LogP contribution in [0.5, 0.6) is 23.0 Å². The van der Waals surface area contributed by atoms with E-state index in [1.807, 2.05) is 24.3 Å². The fraction of sp³-hybridized carbons (Fsp3) is 0.238. The number of hydrogen-bond donors (Lipinski definition) is 1. The SMILES string of the molecule is COc1cccc(OC)c1C1=N/C(=C/c2ccc3c(c2)OCCCO3)C(=O)N1. The summed E-state index contributed by atoms with van der Waals surface area (Å²) >= 11 is 0. The van der Waals surface area contributed by atoms with Crippen molar-refractivity contribution in [3.8, 4) is 23.0 Å². The lowest BCUT2D eigenvalue weighted by Gasteiger charge is -2.12. The third-order valence-electron chi connectivity index (χ3n) is 4.44. The highest BCUT2D eigenvalue weighted by Crippen LogP contribution is 2.33. The summed E-state index contributed by atoms with van der Waals surface area (Å²) in [6.45, 7) is 1.23. The molecule has 7 nitrogen and oxygen atoms in total. The summed E-state index contributed by atoms with van der Waals surface area (Å²) in [5.41, 5.74) is 1.69. The van der Waals surface area contributed by atoms with Crippen LogP contribution in [0.2, 0.25) is 0 Å². The third kappa shape index (κ3) is 3.38. The highest BCUT2D eigenvalue weighted by atomic mass is 16.5. The average molecular weight is 380 g/mol. The summed E-state index contributed by atoms with van der Waals surface area (Å²) in [5.74, 6) is 2.60. The molecule has 4 rings (SSSR count). The smallest absolute Gasteiger partial charge is 0.275 e. The molecule has 2 aliphatic heterocycles. The van der Waals surface area contributed by atoms with Crippen molar-refractivity contribution in [2.75, 3.05) is 27.4 Å². The number of carbonyl (C=O) groups is 1. The van der Waals surface area contributed by atoms with Gasteiger partial charge in [0.25, 0.3) is 5.91 Å². The minimum absolute atomic E-state index is 0.289. The normalized spacial score (nSPS) is 17.0. The van der Waals surface area contributed by atoms with Crippen LogP contribution in [-0.4, -0.2) is 39.2 Å². The molecular formula is C21H20N2O5. The van der Waals surface area contributed by atoms with Gasteiger partial charge in [-0.2, -0.15) is 0 Å². The van der Waals surface area contributed by atoms with Crippen LogP contribution in [0.3, 0.4) is 0 Å². The van der Waals surface area contributed by atoms with Gasteiger partial charge >= 0.3 is 0 Å². The lowest BCUT2D eigenvalue weighted by molar-refractivity contribution is -0.115. The summed E-state index contributed by atoms with van der Waals surface area (Å²) in [5, 5.41) is 2.79. The number of nitrogens with one attached hydrogen (secondary N) is 1. The molecule has 0 atom stereocenters. The number of carbonyl (C=O) groups excluding carboxylic acids is 1. The molecule has 0 fully saturated rings. The van der Waals surface area contributed by atoms with Crippen molar-refractivity contribution in [1.82, 2.24) is 5.32 Å². The summed E-state index contributed by atoms with van der Waals surface area (Å²) in [6, 6.07) is 10.9. The predicted molar refractivity (Wildman–Crippen MR) is 104 cm³/mol. The Kier molecular flexibility index (Phi) is 4.89. The van der Waals surface area contributed by atoms with Gasteiger partial charge in [-0.25, -0.2) is 4.99 Å². The number of hydrogen-bond acceptors (Lipinski definition) is 6. The van der Waals surface area contributed by atoms with Gasteiger partial charge < -0.3 is 24.3 Å². The van der Waals surface area contributed by atoms with Crippen molar-refractivity contribution in [2.45, 2.75) is 6.42 Å². The van der Waals surface area contributed by atoms with Gasteiger partial charge in [-0.15, -0.1) is 0 Å². The molecule has 144 valence electrons. The molecule has 1 amide bonds. The first-order valence-corrected chi connectivity index (χ1v) is 8.92. The van der Waals surface area contributed by atoms with Crippen molar-refractivity contribution >= 4 is 17.8 Å². The topological polar surface area (TPSA) is 78.4 Å². The Bertz CT molecular complexity index is 959. The molecule has 2 aromatic rings. The monoisotopic (exact) mass is 380 g/mol. The maximum absolute atomic E-state index is 12.5. The number of aliphatic imine (C=N–C) groups is 1. The Labute approximate surface area is 162 Å². The van der Waals surface area contributed by atoms with Crippen molar-refractivity contribution in [3.63, 3.8) is 0 Å². The van der Waals surface area contributed by atoms with Gasteiger partial charge in [-0.05, 0) is 35.9 Å². The Morgan fingerprint density at radius 1 is 1.04 bits per heavy atom. The minimum atomic E-state index is -0.296. The second kappa shape index (κ2) is 7.64. The summed E-state index contributed by atoms with van der Waals surface area (Å²) in [4.78, 5) is 16.9. The van der Waals surface area contributed by atoms with Crippen LogP contribution in [0, 0.1) is 0 Å². The Hall–Kier alpha value is -3.48. The number of amides is 1. The molecule has 7 heteroatoms. The van der Waals surface area contributed by atoms with E-state index in [1.54, 1.807) is 32.4 Å². The van der Waals surface area contributed by atoms with Gasteiger partial charge in [0.05, 0.1) is 27.4 Å². The van der Waals surface area contributed by atoms with Crippen molar-refractivity contribution < 1.29 is 23.7 Å². The maximum atomic E-state index is 12.5. The number of nitrogens with zero attached hydrogens (tertiary/aromatic N) is 1. The van der Waals surface area contributed by atoms with Gasteiger partial charge in [-0.3, -0.25) is 4.79 Å². The summed E-state index contributed by atoms with van der Waals surface area (Å²) < 4.78 is 22.1. The number of ether oxygens (including phenoxy) is 4.